The SMILES string of the molecule is CN(CCO)c1ccc(NCc2cc(Cl)ccc2O)cc1. The molecule has 0 aliphatic rings. The molecule has 21 heavy (non-hydrogen) atoms. The molecule has 2 aromatic rings. The number of likely N-dealkylation sites (N-methyl/N-ethyl adjacent to an activating group) is 1. The molecule has 4 nitrogen and oxygen atoms in total. The molecule has 0 heterocycles. The van der Waals surface area contributed by atoms with E-state index in [0.717, 1.165) is 16.9 Å². The van der Waals surface area contributed by atoms with Gasteiger partial charge in [0.05, 0.1) is 6.61 Å². The molecular formula is C16H19ClN2O2. The summed E-state index contributed by atoms with van der Waals surface area (Å²) in [6.07, 6.45) is 0. The van der Waals surface area contributed by atoms with E-state index >= 15 is 0 Å². The summed E-state index contributed by atoms with van der Waals surface area (Å²) >= 11 is 5.92. The van der Waals surface area contributed by atoms with Crippen molar-refractivity contribution in [1.82, 2.24) is 0 Å². The third kappa shape index (κ3) is 4.28. The first-order chi connectivity index (χ1) is 10.1. The molecule has 112 valence electrons. The zero-order valence-electron chi connectivity index (χ0n) is 11.9. The summed E-state index contributed by atoms with van der Waals surface area (Å²) in [5, 5.41) is 22.5. The average molecular weight is 307 g/mol. The molecule has 2 rings (SSSR count). The molecule has 0 unspecified atom stereocenters. The average Bonchev–Trinajstić information content (AvgIpc) is 2.49. The van der Waals surface area contributed by atoms with Gasteiger partial charge in [0.25, 0.3) is 0 Å². The number of nitrogens with one attached hydrogen (secondary N) is 1. The van der Waals surface area contributed by atoms with Gasteiger partial charge in [-0.1, -0.05) is 11.6 Å². The molecule has 0 atom stereocenters. The second-order valence-electron chi connectivity index (χ2n) is 4.82. The molecule has 0 saturated carbocycles. The molecular weight excluding hydrogens is 288 g/mol. The summed E-state index contributed by atoms with van der Waals surface area (Å²) < 4.78 is 0. The summed E-state index contributed by atoms with van der Waals surface area (Å²) in [6, 6.07) is 12.9. The minimum Gasteiger partial charge on any atom is -0.508 e. The van der Waals surface area contributed by atoms with Crippen LogP contribution in [0.2, 0.25) is 5.02 Å². The lowest BCUT2D eigenvalue weighted by atomic mass is 10.2. The standard InChI is InChI=1S/C16H19ClN2O2/c1-19(8-9-20)15-5-3-14(4-6-15)18-11-12-10-13(17)2-7-16(12)21/h2-7,10,18,20-21H,8-9,11H2,1H3. The first-order valence-electron chi connectivity index (χ1n) is 6.73. The lowest BCUT2D eigenvalue weighted by Gasteiger charge is -2.18. The van der Waals surface area contributed by atoms with Crippen LogP contribution in [0.25, 0.3) is 0 Å². The van der Waals surface area contributed by atoms with Crippen molar-refractivity contribution in [2.24, 2.45) is 0 Å². The minimum absolute atomic E-state index is 0.130. The van der Waals surface area contributed by atoms with E-state index in [4.69, 9.17) is 16.7 Å². The fraction of sp³-hybridized carbons (Fsp3) is 0.250. The van der Waals surface area contributed by atoms with Crippen LogP contribution in [0.5, 0.6) is 5.75 Å². The van der Waals surface area contributed by atoms with Crippen molar-refractivity contribution in [3.05, 3.63) is 53.1 Å². The van der Waals surface area contributed by atoms with Crippen LogP contribution in [-0.4, -0.2) is 30.4 Å². The number of phenolic OH excluding ortho intramolecular Hbond substituents is 1. The van der Waals surface area contributed by atoms with Gasteiger partial charge in [0.2, 0.25) is 0 Å². The molecule has 0 bridgehead atoms. The molecule has 0 aromatic heterocycles. The van der Waals surface area contributed by atoms with Crippen molar-refractivity contribution < 1.29 is 10.2 Å². The zero-order chi connectivity index (χ0) is 15.2. The lowest BCUT2D eigenvalue weighted by Crippen LogP contribution is -2.20. The maximum absolute atomic E-state index is 9.76. The third-order valence-corrected chi connectivity index (χ3v) is 3.50. The second-order valence-corrected chi connectivity index (χ2v) is 5.26. The summed E-state index contributed by atoms with van der Waals surface area (Å²) in [7, 11) is 1.93. The van der Waals surface area contributed by atoms with Crippen LogP contribution in [0.15, 0.2) is 42.5 Å². The van der Waals surface area contributed by atoms with Crippen molar-refractivity contribution in [3.8, 4) is 5.75 Å². The van der Waals surface area contributed by atoms with Crippen LogP contribution < -0.4 is 10.2 Å². The summed E-state index contributed by atoms with van der Waals surface area (Å²) in [5.74, 6) is 0.228. The van der Waals surface area contributed by atoms with Crippen molar-refractivity contribution in [2.45, 2.75) is 6.54 Å². The number of hydrogen-bond donors (Lipinski definition) is 3. The van der Waals surface area contributed by atoms with Gasteiger partial charge in [0.1, 0.15) is 5.75 Å². The maximum atomic E-state index is 9.76. The normalized spacial score (nSPS) is 10.4. The smallest absolute Gasteiger partial charge is 0.120 e. The monoisotopic (exact) mass is 306 g/mol. The number of anilines is 2. The topological polar surface area (TPSA) is 55.7 Å². The van der Waals surface area contributed by atoms with Crippen molar-refractivity contribution >= 4 is 23.0 Å². The predicted octanol–water partition coefficient (Wildman–Crippen LogP) is 3.09. The van der Waals surface area contributed by atoms with E-state index in [-0.39, 0.29) is 12.4 Å². The van der Waals surface area contributed by atoms with E-state index in [1.54, 1.807) is 18.2 Å². The van der Waals surface area contributed by atoms with Crippen molar-refractivity contribution in [3.63, 3.8) is 0 Å². The number of rotatable bonds is 6. The molecule has 0 amide bonds. The van der Waals surface area contributed by atoms with Crippen LogP contribution in [0, 0.1) is 0 Å². The van der Waals surface area contributed by atoms with Gasteiger partial charge < -0.3 is 20.4 Å². The van der Waals surface area contributed by atoms with Crippen LogP contribution in [-0.2, 0) is 6.54 Å². The second kappa shape index (κ2) is 7.20. The number of nitrogens with zero attached hydrogens (tertiary/aromatic N) is 1. The van der Waals surface area contributed by atoms with Gasteiger partial charge in [-0.3, -0.25) is 0 Å². The van der Waals surface area contributed by atoms with Crippen LogP contribution in [0.4, 0.5) is 11.4 Å². The van der Waals surface area contributed by atoms with Gasteiger partial charge >= 0.3 is 0 Å². The predicted molar refractivity (Wildman–Crippen MR) is 87.2 cm³/mol. The molecule has 0 aliphatic heterocycles. The van der Waals surface area contributed by atoms with Gasteiger partial charge in [-0.15, -0.1) is 0 Å². The van der Waals surface area contributed by atoms with E-state index in [2.05, 4.69) is 5.32 Å². The fourth-order valence-electron chi connectivity index (χ4n) is 2.01. The first-order valence-corrected chi connectivity index (χ1v) is 7.11. The largest absolute Gasteiger partial charge is 0.508 e. The van der Waals surface area contributed by atoms with Gasteiger partial charge in [-0.25, -0.2) is 0 Å². The Balaban J connectivity index is 1.99. The van der Waals surface area contributed by atoms with Crippen molar-refractivity contribution in [2.75, 3.05) is 30.4 Å². The van der Waals surface area contributed by atoms with Gasteiger partial charge in [-0.2, -0.15) is 0 Å². The number of halogens is 1. The molecule has 0 aliphatic carbocycles. The highest BCUT2D eigenvalue weighted by molar-refractivity contribution is 6.30. The number of phenols is 1. The van der Waals surface area contributed by atoms with Crippen LogP contribution in [0.3, 0.4) is 0 Å². The Labute approximate surface area is 129 Å². The zero-order valence-corrected chi connectivity index (χ0v) is 12.6. The number of aromatic hydroxyl groups is 1. The molecule has 3 N–H and O–H groups in total. The number of aliphatic hydroxyl groups excluding tert-OH is 1. The Morgan fingerprint density at radius 2 is 1.86 bits per heavy atom. The molecule has 0 spiro atoms. The maximum Gasteiger partial charge on any atom is 0.120 e. The Kier molecular flexibility index (Phi) is 5.31. The highest BCUT2D eigenvalue weighted by atomic mass is 35.5. The number of aliphatic hydroxyl groups is 1. The number of benzene rings is 2. The van der Waals surface area contributed by atoms with Gasteiger partial charge in [0, 0.05) is 42.1 Å². The van der Waals surface area contributed by atoms with Gasteiger partial charge in [0.15, 0.2) is 0 Å². The molecule has 5 heteroatoms. The van der Waals surface area contributed by atoms with E-state index in [1.165, 1.54) is 0 Å². The van der Waals surface area contributed by atoms with E-state index in [0.29, 0.717) is 18.1 Å². The van der Waals surface area contributed by atoms with Gasteiger partial charge in [-0.05, 0) is 42.5 Å². The minimum atomic E-state index is 0.130. The highest BCUT2D eigenvalue weighted by Gasteiger charge is 2.03. The Morgan fingerprint density at radius 3 is 2.52 bits per heavy atom. The third-order valence-electron chi connectivity index (χ3n) is 3.27. The van der Waals surface area contributed by atoms with E-state index < -0.39 is 0 Å². The van der Waals surface area contributed by atoms with E-state index in [1.807, 2.05) is 36.2 Å². The molecule has 2 aromatic carbocycles. The molecule has 0 fully saturated rings. The highest BCUT2D eigenvalue weighted by Crippen LogP contribution is 2.23. The lowest BCUT2D eigenvalue weighted by molar-refractivity contribution is 0.304. The molecule has 0 saturated heterocycles. The Morgan fingerprint density at radius 1 is 1.14 bits per heavy atom. The molecule has 0 radical (unpaired) electrons. The quantitative estimate of drug-likeness (QED) is 0.767. The van der Waals surface area contributed by atoms with E-state index in [9.17, 15) is 5.11 Å². The van der Waals surface area contributed by atoms with Crippen LogP contribution >= 0.6 is 11.6 Å². The Bertz CT molecular complexity index is 587. The number of hydrogen-bond acceptors (Lipinski definition) is 4. The summed E-state index contributed by atoms with van der Waals surface area (Å²) in [6.45, 7) is 1.23. The Hall–Kier alpha value is -1.91. The summed E-state index contributed by atoms with van der Waals surface area (Å²) in [5.41, 5.74) is 2.75. The fourth-order valence-corrected chi connectivity index (χ4v) is 2.20. The first kappa shape index (κ1) is 15.5. The summed E-state index contributed by atoms with van der Waals surface area (Å²) in [4.78, 5) is 1.98. The van der Waals surface area contributed by atoms with Crippen LogP contribution in [0.1, 0.15) is 5.56 Å². The van der Waals surface area contributed by atoms with Crippen molar-refractivity contribution in [1.29, 1.82) is 0 Å².